The number of nitrogens with zero attached hydrogens (tertiary/aromatic N) is 1. The number of ether oxygens (including phenoxy) is 2. The molecule has 0 unspecified atom stereocenters. The van der Waals surface area contributed by atoms with Gasteiger partial charge in [-0.05, 0) is 61.0 Å². The highest BCUT2D eigenvalue weighted by atomic mass is 16.5. The van der Waals surface area contributed by atoms with Crippen molar-refractivity contribution in [1.29, 1.82) is 0 Å². The molecule has 0 aliphatic heterocycles. The molecule has 0 heterocycles. The summed E-state index contributed by atoms with van der Waals surface area (Å²) in [6.45, 7) is 2.29. The van der Waals surface area contributed by atoms with Gasteiger partial charge in [-0.25, -0.2) is 5.43 Å². The van der Waals surface area contributed by atoms with E-state index in [-0.39, 0.29) is 12.5 Å². The fourth-order valence-corrected chi connectivity index (χ4v) is 1.90. The number of benzene rings is 2. The molecule has 0 saturated carbocycles. The van der Waals surface area contributed by atoms with E-state index in [0.717, 1.165) is 5.56 Å². The number of carbonyl (C=O) groups is 2. The second kappa shape index (κ2) is 9.07. The van der Waals surface area contributed by atoms with Gasteiger partial charge in [-0.2, -0.15) is 5.10 Å². The average Bonchev–Trinajstić information content (AvgIpc) is 2.62. The van der Waals surface area contributed by atoms with Crippen molar-refractivity contribution in [3.05, 3.63) is 59.7 Å². The Morgan fingerprint density at radius 1 is 1.04 bits per heavy atom. The van der Waals surface area contributed by atoms with Crippen molar-refractivity contribution in [2.75, 3.05) is 13.2 Å². The molecular formula is C18H19N3O4. The van der Waals surface area contributed by atoms with Gasteiger partial charge in [-0.1, -0.05) is 0 Å². The highest BCUT2D eigenvalue weighted by molar-refractivity contribution is 5.95. The van der Waals surface area contributed by atoms with Gasteiger partial charge in [0.25, 0.3) is 11.8 Å². The molecular weight excluding hydrogens is 322 g/mol. The lowest BCUT2D eigenvalue weighted by Gasteiger charge is -2.04. The number of hydrazone groups is 1. The Kier molecular flexibility index (Phi) is 6.53. The third-order valence-corrected chi connectivity index (χ3v) is 3.07. The van der Waals surface area contributed by atoms with Crippen LogP contribution in [0.2, 0.25) is 0 Å². The van der Waals surface area contributed by atoms with Gasteiger partial charge >= 0.3 is 0 Å². The van der Waals surface area contributed by atoms with Crippen LogP contribution in [0.5, 0.6) is 11.5 Å². The first-order valence-corrected chi connectivity index (χ1v) is 7.66. The minimum Gasteiger partial charge on any atom is -0.494 e. The zero-order valence-electron chi connectivity index (χ0n) is 13.8. The zero-order chi connectivity index (χ0) is 18.1. The van der Waals surface area contributed by atoms with Crippen molar-refractivity contribution in [3.63, 3.8) is 0 Å². The molecule has 2 rings (SSSR count). The minimum absolute atomic E-state index is 0.175. The van der Waals surface area contributed by atoms with Crippen molar-refractivity contribution >= 4 is 18.0 Å². The second-order valence-electron chi connectivity index (χ2n) is 4.98. The van der Waals surface area contributed by atoms with Gasteiger partial charge < -0.3 is 15.2 Å². The maximum Gasteiger partial charge on any atom is 0.271 e. The Hall–Kier alpha value is -3.35. The lowest BCUT2D eigenvalue weighted by Crippen LogP contribution is -2.20. The molecule has 0 radical (unpaired) electrons. The van der Waals surface area contributed by atoms with Crippen molar-refractivity contribution < 1.29 is 19.1 Å². The largest absolute Gasteiger partial charge is 0.494 e. The Morgan fingerprint density at radius 3 is 2.24 bits per heavy atom. The predicted molar refractivity (Wildman–Crippen MR) is 93.8 cm³/mol. The molecule has 7 heteroatoms. The third-order valence-electron chi connectivity index (χ3n) is 3.07. The lowest BCUT2D eigenvalue weighted by atomic mass is 10.2. The number of hydrogen-bond donors (Lipinski definition) is 2. The summed E-state index contributed by atoms with van der Waals surface area (Å²) < 4.78 is 10.5. The van der Waals surface area contributed by atoms with Crippen LogP contribution in [-0.4, -0.2) is 31.2 Å². The molecule has 0 saturated heterocycles. The van der Waals surface area contributed by atoms with E-state index in [4.69, 9.17) is 15.2 Å². The molecule has 2 aromatic carbocycles. The van der Waals surface area contributed by atoms with Gasteiger partial charge in [0, 0.05) is 5.56 Å². The maximum absolute atomic E-state index is 12.0. The standard InChI is InChI=1S/C18H19N3O4/c1-2-24-15-9-5-14(6-10-15)18(23)21-20-11-13-3-7-16(8-4-13)25-12-17(19)22/h3-11H,2,12H2,1H3,(H2,19,22)(H,21,23). The van der Waals surface area contributed by atoms with E-state index in [0.29, 0.717) is 23.7 Å². The van der Waals surface area contributed by atoms with E-state index in [1.54, 1.807) is 48.5 Å². The van der Waals surface area contributed by atoms with Crippen LogP contribution in [0.1, 0.15) is 22.8 Å². The van der Waals surface area contributed by atoms with Crippen molar-refractivity contribution in [1.82, 2.24) is 5.43 Å². The van der Waals surface area contributed by atoms with Gasteiger partial charge in [-0.15, -0.1) is 0 Å². The van der Waals surface area contributed by atoms with Gasteiger partial charge in [0.2, 0.25) is 0 Å². The van der Waals surface area contributed by atoms with Crippen molar-refractivity contribution in [2.24, 2.45) is 10.8 Å². The van der Waals surface area contributed by atoms with Gasteiger partial charge in [-0.3, -0.25) is 9.59 Å². The quantitative estimate of drug-likeness (QED) is 0.563. The van der Waals surface area contributed by atoms with E-state index in [2.05, 4.69) is 10.5 Å². The van der Waals surface area contributed by atoms with E-state index in [1.165, 1.54) is 6.21 Å². The normalized spacial score (nSPS) is 10.4. The predicted octanol–water partition coefficient (Wildman–Crippen LogP) is 1.71. The summed E-state index contributed by atoms with van der Waals surface area (Å²) in [5.41, 5.74) is 8.70. The lowest BCUT2D eigenvalue weighted by molar-refractivity contribution is -0.119. The molecule has 130 valence electrons. The summed E-state index contributed by atoms with van der Waals surface area (Å²) in [5.74, 6) is 0.374. The first kappa shape index (κ1) is 18.0. The number of primary amides is 1. The number of nitrogens with one attached hydrogen (secondary N) is 1. The van der Waals surface area contributed by atoms with E-state index in [9.17, 15) is 9.59 Å². The molecule has 0 aromatic heterocycles. The fourth-order valence-electron chi connectivity index (χ4n) is 1.90. The molecule has 3 N–H and O–H groups in total. The van der Waals surface area contributed by atoms with Gasteiger partial charge in [0.1, 0.15) is 11.5 Å². The topological polar surface area (TPSA) is 103 Å². The molecule has 0 spiro atoms. The summed E-state index contributed by atoms with van der Waals surface area (Å²) in [4.78, 5) is 22.6. The first-order valence-electron chi connectivity index (χ1n) is 7.66. The highest BCUT2D eigenvalue weighted by Gasteiger charge is 2.04. The summed E-state index contributed by atoms with van der Waals surface area (Å²) in [5, 5.41) is 3.91. The van der Waals surface area contributed by atoms with Gasteiger partial charge in [0.05, 0.1) is 12.8 Å². The summed E-state index contributed by atoms with van der Waals surface area (Å²) in [6, 6.07) is 13.6. The van der Waals surface area contributed by atoms with Crippen LogP contribution in [0, 0.1) is 0 Å². The van der Waals surface area contributed by atoms with Crippen molar-refractivity contribution in [2.45, 2.75) is 6.92 Å². The number of amides is 2. The smallest absolute Gasteiger partial charge is 0.271 e. The number of rotatable bonds is 8. The maximum atomic E-state index is 12.0. The molecule has 0 aliphatic carbocycles. The van der Waals surface area contributed by atoms with E-state index >= 15 is 0 Å². The molecule has 0 aliphatic rings. The second-order valence-corrected chi connectivity index (χ2v) is 4.98. The molecule has 7 nitrogen and oxygen atoms in total. The summed E-state index contributed by atoms with van der Waals surface area (Å²) in [7, 11) is 0. The highest BCUT2D eigenvalue weighted by Crippen LogP contribution is 2.12. The molecule has 25 heavy (non-hydrogen) atoms. The first-order chi connectivity index (χ1) is 12.1. The van der Waals surface area contributed by atoms with Crippen LogP contribution < -0.4 is 20.6 Å². The molecule has 0 atom stereocenters. The number of hydrogen-bond acceptors (Lipinski definition) is 5. The number of nitrogens with two attached hydrogens (primary N) is 1. The van der Waals surface area contributed by atoms with E-state index in [1.807, 2.05) is 6.92 Å². The van der Waals surface area contributed by atoms with Crippen LogP contribution in [0.4, 0.5) is 0 Å². The van der Waals surface area contributed by atoms with Gasteiger partial charge in [0.15, 0.2) is 6.61 Å². The monoisotopic (exact) mass is 341 g/mol. The molecule has 2 amide bonds. The zero-order valence-corrected chi connectivity index (χ0v) is 13.8. The number of carbonyl (C=O) groups excluding carboxylic acids is 2. The van der Waals surface area contributed by atoms with Crippen LogP contribution in [0.25, 0.3) is 0 Å². The molecule has 0 fully saturated rings. The third kappa shape index (κ3) is 5.98. The van der Waals surface area contributed by atoms with Crippen LogP contribution >= 0.6 is 0 Å². The summed E-state index contributed by atoms with van der Waals surface area (Å²) in [6.07, 6.45) is 1.50. The van der Waals surface area contributed by atoms with Crippen LogP contribution in [-0.2, 0) is 4.79 Å². The summed E-state index contributed by atoms with van der Waals surface area (Å²) >= 11 is 0. The molecule has 2 aromatic rings. The fraction of sp³-hybridized carbons (Fsp3) is 0.167. The van der Waals surface area contributed by atoms with E-state index < -0.39 is 5.91 Å². The SMILES string of the molecule is CCOc1ccc(C(=O)NN=Cc2ccc(OCC(N)=O)cc2)cc1. The Bertz CT molecular complexity index is 740. The Balaban J connectivity index is 1.87. The average molecular weight is 341 g/mol. The Labute approximate surface area is 145 Å². The Morgan fingerprint density at radius 2 is 1.64 bits per heavy atom. The molecule has 0 bridgehead atoms. The van der Waals surface area contributed by atoms with Crippen LogP contribution in [0.15, 0.2) is 53.6 Å². The van der Waals surface area contributed by atoms with Crippen molar-refractivity contribution in [3.8, 4) is 11.5 Å². The minimum atomic E-state index is -0.539. The van der Waals surface area contributed by atoms with Crippen LogP contribution in [0.3, 0.4) is 0 Å².